The normalized spacial score (nSPS) is 11.9. The van der Waals surface area contributed by atoms with E-state index < -0.39 is 6.10 Å². The van der Waals surface area contributed by atoms with E-state index >= 15 is 0 Å². The van der Waals surface area contributed by atoms with Crippen LogP contribution >= 0.6 is 0 Å². The van der Waals surface area contributed by atoms with Gasteiger partial charge in [0.1, 0.15) is 0 Å². The van der Waals surface area contributed by atoms with E-state index in [0.29, 0.717) is 24.5 Å². The number of Topliss-reactive ketones (excluding diaryl/α,β-unsaturated/α-hetero) is 1. The van der Waals surface area contributed by atoms with E-state index in [1.165, 1.54) is 0 Å². The maximum Gasteiger partial charge on any atom is 0.172 e. The van der Waals surface area contributed by atoms with Crippen LogP contribution in [0.4, 0.5) is 0 Å². The Morgan fingerprint density at radius 1 is 1.25 bits per heavy atom. The quantitative estimate of drug-likeness (QED) is 0.742. The van der Waals surface area contributed by atoms with Gasteiger partial charge in [0.2, 0.25) is 0 Å². The zero-order valence-electron chi connectivity index (χ0n) is 10.0. The summed E-state index contributed by atoms with van der Waals surface area (Å²) in [4.78, 5) is 11.4. The minimum atomic E-state index is -0.424. The molecule has 0 bridgehead atoms. The third-order valence-corrected chi connectivity index (χ3v) is 2.25. The second-order valence-corrected chi connectivity index (χ2v) is 3.46. The molecule has 0 spiro atoms. The molecule has 0 fully saturated rings. The number of benzene rings is 1. The summed E-state index contributed by atoms with van der Waals surface area (Å²) >= 11 is 0. The first kappa shape index (κ1) is 12.6. The van der Waals surface area contributed by atoms with Crippen LogP contribution in [0.2, 0.25) is 0 Å². The molecular formula is C13H18O3. The van der Waals surface area contributed by atoms with Gasteiger partial charge < -0.3 is 9.47 Å². The Labute approximate surface area is 96.4 Å². The zero-order chi connectivity index (χ0) is 12.0. The Morgan fingerprint density at radius 2 is 1.88 bits per heavy atom. The van der Waals surface area contributed by atoms with Crippen molar-refractivity contribution in [2.45, 2.75) is 33.3 Å². The molecule has 3 heteroatoms. The van der Waals surface area contributed by atoms with E-state index in [9.17, 15) is 4.79 Å². The van der Waals surface area contributed by atoms with Gasteiger partial charge in [-0.2, -0.15) is 0 Å². The number of ether oxygens (including phenoxy) is 2. The highest BCUT2D eigenvalue weighted by Gasteiger charge is 2.14. The minimum absolute atomic E-state index is 0.0892. The molecule has 1 aromatic rings. The van der Waals surface area contributed by atoms with Crippen LogP contribution in [-0.2, 0) is 4.79 Å². The monoisotopic (exact) mass is 222 g/mol. The number of carbonyl (C=O) groups is 1. The molecule has 1 aromatic carbocycles. The van der Waals surface area contributed by atoms with Crippen LogP contribution in [0, 0.1) is 0 Å². The van der Waals surface area contributed by atoms with Gasteiger partial charge in [-0.05, 0) is 26.0 Å². The molecule has 0 aromatic heterocycles. The Hall–Kier alpha value is -1.51. The second-order valence-electron chi connectivity index (χ2n) is 3.46. The van der Waals surface area contributed by atoms with Crippen LogP contribution in [0.5, 0.6) is 11.5 Å². The largest absolute Gasteiger partial charge is 0.490 e. The molecule has 0 heterocycles. The Balaban J connectivity index is 2.75. The highest BCUT2D eigenvalue weighted by atomic mass is 16.5. The highest BCUT2D eigenvalue weighted by molar-refractivity contribution is 5.82. The average Bonchev–Trinajstić information content (AvgIpc) is 2.31. The van der Waals surface area contributed by atoms with Gasteiger partial charge in [0.05, 0.1) is 6.61 Å². The number of carbonyl (C=O) groups excluding carboxylic acids is 1. The van der Waals surface area contributed by atoms with Gasteiger partial charge in [0.25, 0.3) is 0 Å². The highest BCUT2D eigenvalue weighted by Crippen LogP contribution is 2.27. The van der Waals surface area contributed by atoms with Crippen molar-refractivity contribution < 1.29 is 14.3 Å². The Kier molecular flexibility index (Phi) is 4.83. The van der Waals surface area contributed by atoms with Crippen LogP contribution < -0.4 is 9.47 Å². The molecule has 16 heavy (non-hydrogen) atoms. The first-order valence-corrected chi connectivity index (χ1v) is 5.60. The molecular weight excluding hydrogens is 204 g/mol. The summed E-state index contributed by atoms with van der Waals surface area (Å²) in [6.45, 7) is 6.08. The zero-order valence-corrected chi connectivity index (χ0v) is 10.0. The lowest BCUT2D eigenvalue weighted by Gasteiger charge is -2.15. The molecule has 0 aliphatic heterocycles. The van der Waals surface area contributed by atoms with Crippen LogP contribution in [-0.4, -0.2) is 18.5 Å². The topological polar surface area (TPSA) is 35.5 Å². The lowest BCUT2D eigenvalue weighted by molar-refractivity contribution is -0.124. The van der Waals surface area contributed by atoms with Crippen LogP contribution in [0.15, 0.2) is 24.3 Å². The first-order valence-electron chi connectivity index (χ1n) is 5.60. The predicted octanol–water partition coefficient (Wildman–Crippen LogP) is 2.83. The van der Waals surface area contributed by atoms with Crippen LogP contribution in [0.25, 0.3) is 0 Å². The van der Waals surface area contributed by atoms with Gasteiger partial charge in [-0.25, -0.2) is 0 Å². The summed E-state index contributed by atoms with van der Waals surface area (Å²) < 4.78 is 11.0. The Morgan fingerprint density at radius 3 is 2.44 bits per heavy atom. The Bertz CT molecular complexity index is 347. The summed E-state index contributed by atoms with van der Waals surface area (Å²) in [5, 5.41) is 0. The fourth-order valence-electron chi connectivity index (χ4n) is 1.37. The average molecular weight is 222 g/mol. The third kappa shape index (κ3) is 3.26. The van der Waals surface area contributed by atoms with Gasteiger partial charge in [0, 0.05) is 6.42 Å². The number of rotatable bonds is 6. The molecule has 0 N–H and O–H groups in total. The van der Waals surface area contributed by atoms with Crippen molar-refractivity contribution in [2.24, 2.45) is 0 Å². The van der Waals surface area contributed by atoms with Crippen molar-refractivity contribution >= 4 is 5.78 Å². The molecule has 0 radical (unpaired) electrons. The number of ketones is 1. The molecule has 1 rings (SSSR count). The molecule has 0 aliphatic carbocycles. The molecule has 88 valence electrons. The van der Waals surface area contributed by atoms with Crippen molar-refractivity contribution in [1.82, 2.24) is 0 Å². The van der Waals surface area contributed by atoms with E-state index in [1.807, 2.05) is 38.1 Å². The lowest BCUT2D eigenvalue weighted by Crippen LogP contribution is -2.23. The fourth-order valence-corrected chi connectivity index (χ4v) is 1.37. The lowest BCUT2D eigenvalue weighted by atomic mass is 10.2. The molecule has 1 atom stereocenters. The van der Waals surface area contributed by atoms with Crippen molar-refractivity contribution in [1.29, 1.82) is 0 Å². The van der Waals surface area contributed by atoms with Gasteiger partial charge in [-0.1, -0.05) is 19.1 Å². The van der Waals surface area contributed by atoms with Gasteiger partial charge in [-0.3, -0.25) is 4.79 Å². The standard InChI is InChI=1S/C13H18O3/c1-4-11(14)10(3)16-13-9-7-6-8-12(13)15-5-2/h6-10H,4-5H2,1-3H3. The van der Waals surface area contributed by atoms with E-state index in [-0.39, 0.29) is 5.78 Å². The van der Waals surface area contributed by atoms with Crippen molar-refractivity contribution in [3.8, 4) is 11.5 Å². The summed E-state index contributed by atoms with van der Waals surface area (Å²) in [5.41, 5.74) is 0. The maximum atomic E-state index is 11.4. The summed E-state index contributed by atoms with van der Waals surface area (Å²) in [6.07, 6.45) is 0.0597. The SMILES string of the molecule is CCOc1ccccc1OC(C)C(=O)CC. The van der Waals surface area contributed by atoms with E-state index in [1.54, 1.807) is 6.92 Å². The number of hydrogen-bond donors (Lipinski definition) is 0. The molecule has 0 saturated carbocycles. The summed E-state index contributed by atoms with van der Waals surface area (Å²) in [5.74, 6) is 1.39. The molecule has 0 aliphatic rings. The minimum Gasteiger partial charge on any atom is -0.490 e. The van der Waals surface area contributed by atoms with E-state index in [4.69, 9.17) is 9.47 Å². The van der Waals surface area contributed by atoms with E-state index in [2.05, 4.69) is 0 Å². The summed E-state index contributed by atoms with van der Waals surface area (Å²) in [7, 11) is 0. The van der Waals surface area contributed by atoms with Crippen LogP contribution in [0.3, 0.4) is 0 Å². The second kappa shape index (κ2) is 6.16. The van der Waals surface area contributed by atoms with Gasteiger partial charge in [-0.15, -0.1) is 0 Å². The number of para-hydroxylation sites is 2. The number of hydrogen-bond acceptors (Lipinski definition) is 3. The molecule has 0 amide bonds. The van der Waals surface area contributed by atoms with Crippen LogP contribution in [0.1, 0.15) is 27.2 Å². The summed E-state index contributed by atoms with van der Waals surface area (Å²) in [6, 6.07) is 7.39. The molecule has 0 saturated heterocycles. The van der Waals surface area contributed by atoms with E-state index in [0.717, 1.165) is 0 Å². The van der Waals surface area contributed by atoms with Crippen molar-refractivity contribution in [3.63, 3.8) is 0 Å². The van der Waals surface area contributed by atoms with Gasteiger partial charge >= 0.3 is 0 Å². The third-order valence-electron chi connectivity index (χ3n) is 2.25. The maximum absolute atomic E-state index is 11.4. The van der Waals surface area contributed by atoms with Gasteiger partial charge in [0.15, 0.2) is 23.4 Å². The first-order chi connectivity index (χ1) is 7.69. The smallest absolute Gasteiger partial charge is 0.172 e. The molecule has 3 nitrogen and oxygen atoms in total. The molecule has 1 unspecified atom stereocenters. The van der Waals surface area contributed by atoms with Crippen molar-refractivity contribution in [3.05, 3.63) is 24.3 Å². The van der Waals surface area contributed by atoms with Crippen molar-refractivity contribution in [2.75, 3.05) is 6.61 Å². The predicted molar refractivity (Wildman–Crippen MR) is 63.0 cm³/mol. The fraction of sp³-hybridized carbons (Fsp3) is 0.462.